The van der Waals surface area contributed by atoms with Gasteiger partial charge in [0, 0.05) is 37.8 Å². The molecule has 0 spiro atoms. The number of β-amino-alcohol motifs (C(OH)–C–C–N with tert-alkyl or cyclic N) is 1. The van der Waals surface area contributed by atoms with E-state index in [4.69, 9.17) is 4.52 Å². The highest BCUT2D eigenvalue weighted by Crippen LogP contribution is 2.20. The zero-order valence-corrected chi connectivity index (χ0v) is 14.6. The number of aromatic nitrogens is 2. The van der Waals surface area contributed by atoms with Gasteiger partial charge in [-0.1, -0.05) is 29.4 Å². The van der Waals surface area contributed by atoms with Crippen LogP contribution in [0.4, 0.5) is 0 Å². The molecule has 2 atom stereocenters. The molecule has 1 N–H and O–H groups in total. The normalized spacial score (nSPS) is 21.1. The maximum absolute atomic E-state index is 9.57. The van der Waals surface area contributed by atoms with Crippen LogP contribution >= 0.6 is 0 Å². The van der Waals surface area contributed by atoms with E-state index in [1.807, 2.05) is 25.1 Å². The summed E-state index contributed by atoms with van der Waals surface area (Å²) < 4.78 is 5.45. The molecule has 6 heteroatoms. The standard InChI is InChI=1S/C18H26N4O2/c1-13-6-4-5-7-16(13)18-19-17(24-20-18)12-21-8-9-22(11-15(3)23)14(2)10-21/h4-7,14-15,23H,8-12H2,1-3H3/t14-,15-/m1/s1. The molecule has 0 saturated carbocycles. The fourth-order valence-electron chi connectivity index (χ4n) is 3.27. The van der Waals surface area contributed by atoms with Crippen molar-refractivity contribution in [3.63, 3.8) is 0 Å². The second-order valence-electron chi connectivity index (χ2n) is 6.75. The molecule has 1 aromatic carbocycles. The van der Waals surface area contributed by atoms with Crippen molar-refractivity contribution in [1.82, 2.24) is 19.9 Å². The van der Waals surface area contributed by atoms with E-state index < -0.39 is 0 Å². The molecule has 0 bridgehead atoms. The SMILES string of the molecule is Cc1ccccc1-c1noc(CN2CCN(C[C@@H](C)O)[C@H](C)C2)n1. The quantitative estimate of drug-likeness (QED) is 0.904. The van der Waals surface area contributed by atoms with Gasteiger partial charge in [0.2, 0.25) is 11.7 Å². The molecular formula is C18H26N4O2. The van der Waals surface area contributed by atoms with Gasteiger partial charge in [0.05, 0.1) is 12.6 Å². The van der Waals surface area contributed by atoms with Crippen LogP contribution in [0.2, 0.25) is 0 Å². The fraction of sp³-hybridized carbons (Fsp3) is 0.556. The van der Waals surface area contributed by atoms with Gasteiger partial charge in [-0.3, -0.25) is 9.80 Å². The van der Waals surface area contributed by atoms with Gasteiger partial charge in [-0.15, -0.1) is 0 Å². The van der Waals surface area contributed by atoms with Crippen molar-refractivity contribution in [1.29, 1.82) is 0 Å². The number of rotatable bonds is 5. The average Bonchev–Trinajstić information content (AvgIpc) is 2.98. The molecule has 2 aromatic rings. The summed E-state index contributed by atoms with van der Waals surface area (Å²) in [6.45, 7) is 10.3. The molecule has 24 heavy (non-hydrogen) atoms. The van der Waals surface area contributed by atoms with E-state index >= 15 is 0 Å². The summed E-state index contributed by atoms with van der Waals surface area (Å²) in [5.41, 5.74) is 2.16. The minimum absolute atomic E-state index is 0.286. The van der Waals surface area contributed by atoms with Crippen molar-refractivity contribution in [2.24, 2.45) is 0 Å². The third-order valence-corrected chi connectivity index (χ3v) is 4.56. The first-order valence-corrected chi connectivity index (χ1v) is 8.56. The third-order valence-electron chi connectivity index (χ3n) is 4.56. The van der Waals surface area contributed by atoms with Gasteiger partial charge in [-0.25, -0.2) is 0 Å². The van der Waals surface area contributed by atoms with Gasteiger partial charge in [0.1, 0.15) is 0 Å². The van der Waals surface area contributed by atoms with Crippen LogP contribution in [0.1, 0.15) is 25.3 Å². The molecule has 1 aliphatic rings. The van der Waals surface area contributed by atoms with E-state index in [-0.39, 0.29) is 6.10 Å². The first-order valence-electron chi connectivity index (χ1n) is 8.56. The van der Waals surface area contributed by atoms with Crippen molar-refractivity contribution in [3.05, 3.63) is 35.7 Å². The van der Waals surface area contributed by atoms with Gasteiger partial charge in [-0.05, 0) is 26.3 Å². The van der Waals surface area contributed by atoms with Gasteiger partial charge in [0.25, 0.3) is 0 Å². The van der Waals surface area contributed by atoms with Crippen molar-refractivity contribution in [3.8, 4) is 11.4 Å². The molecule has 1 aliphatic heterocycles. The minimum Gasteiger partial charge on any atom is -0.392 e. The Morgan fingerprint density at radius 2 is 2.12 bits per heavy atom. The number of hydrogen-bond acceptors (Lipinski definition) is 6. The largest absolute Gasteiger partial charge is 0.392 e. The summed E-state index contributed by atoms with van der Waals surface area (Å²) in [4.78, 5) is 9.21. The molecule has 1 saturated heterocycles. The molecule has 0 radical (unpaired) electrons. The Hall–Kier alpha value is -1.76. The van der Waals surface area contributed by atoms with Crippen LogP contribution < -0.4 is 0 Å². The van der Waals surface area contributed by atoms with E-state index in [1.165, 1.54) is 0 Å². The Morgan fingerprint density at radius 1 is 1.33 bits per heavy atom. The maximum atomic E-state index is 9.57. The molecular weight excluding hydrogens is 304 g/mol. The Bertz CT molecular complexity index is 671. The topological polar surface area (TPSA) is 65.6 Å². The molecule has 1 fully saturated rings. The van der Waals surface area contributed by atoms with Gasteiger partial charge in [0.15, 0.2) is 0 Å². The van der Waals surface area contributed by atoms with Gasteiger partial charge in [-0.2, -0.15) is 4.98 Å². The smallest absolute Gasteiger partial charge is 0.241 e. The van der Waals surface area contributed by atoms with E-state index in [9.17, 15) is 5.11 Å². The zero-order chi connectivity index (χ0) is 17.1. The molecule has 6 nitrogen and oxygen atoms in total. The number of nitrogens with zero attached hydrogens (tertiary/aromatic N) is 4. The van der Waals surface area contributed by atoms with Crippen LogP contribution in [0, 0.1) is 6.92 Å². The Balaban J connectivity index is 1.61. The number of aliphatic hydroxyl groups excluding tert-OH is 1. The number of benzene rings is 1. The van der Waals surface area contributed by atoms with Crippen LogP contribution in [0.25, 0.3) is 11.4 Å². The lowest BCUT2D eigenvalue weighted by Gasteiger charge is -2.39. The lowest BCUT2D eigenvalue weighted by atomic mass is 10.1. The number of aryl methyl sites for hydroxylation is 1. The first kappa shape index (κ1) is 17.1. The summed E-state index contributed by atoms with van der Waals surface area (Å²) in [7, 11) is 0. The average molecular weight is 330 g/mol. The second kappa shape index (κ2) is 7.42. The van der Waals surface area contributed by atoms with Crippen LogP contribution in [0.15, 0.2) is 28.8 Å². The molecule has 2 heterocycles. The van der Waals surface area contributed by atoms with Crippen molar-refractivity contribution in [2.75, 3.05) is 26.2 Å². The summed E-state index contributed by atoms with van der Waals surface area (Å²) in [6.07, 6.45) is -0.286. The van der Waals surface area contributed by atoms with Crippen molar-refractivity contribution in [2.45, 2.75) is 39.5 Å². The number of aliphatic hydroxyl groups is 1. The molecule has 0 aliphatic carbocycles. The number of piperazine rings is 1. The predicted octanol–water partition coefficient (Wildman–Crippen LogP) is 1.93. The lowest BCUT2D eigenvalue weighted by Crippen LogP contribution is -2.53. The summed E-state index contributed by atoms with van der Waals surface area (Å²) in [5.74, 6) is 1.31. The van der Waals surface area contributed by atoms with E-state index in [0.717, 1.165) is 37.3 Å². The van der Waals surface area contributed by atoms with E-state index in [1.54, 1.807) is 0 Å². The van der Waals surface area contributed by atoms with Crippen molar-refractivity contribution >= 4 is 0 Å². The highest BCUT2D eigenvalue weighted by Gasteiger charge is 2.25. The van der Waals surface area contributed by atoms with Crippen LogP contribution in [-0.2, 0) is 6.54 Å². The highest BCUT2D eigenvalue weighted by atomic mass is 16.5. The zero-order valence-electron chi connectivity index (χ0n) is 14.6. The molecule has 130 valence electrons. The summed E-state index contributed by atoms with van der Waals surface area (Å²) in [5, 5.41) is 13.7. The highest BCUT2D eigenvalue weighted by molar-refractivity contribution is 5.58. The third kappa shape index (κ3) is 4.01. The second-order valence-corrected chi connectivity index (χ2v) is 6.75. The maximum Gasteiger partial charge on any atom is 0.241 e. The van der Waals surface area contributed by atoms with Crippen LogP contribution in [-0.4, -0.2) is 63.4 Å². The fourth-order valence-corrected chi connectivity index (χ4v) is 3.27. The Labute approximate surface area is 143 Å². The van der Waals surface area contributed by atoms with Crippen LogP contribution in [0.3, 0.4) is 0 Å². The molecule has 1 aromatic heterocycles. The van der Waals surface area contributed by atoms with E-state index in [2.05, 4.69) is 39.9 Å². The molecule has 0 amide bonds. The molecule has 0 unspecified atom stereocenters. The Morgan fingerprint density at radius 3 is 2.83 bits per heavy atom. The van der Waals surface area contributed by atoms with E-state index in [0.29, 0.717) is 24.3 Å². The van der Waals surface area contributed by atoms with Crippen LogP contribution in [0.5, 0.6) is 0 Å². The number of hydrogen-bond donors (Lipinski definition) is 1. The lowest BCUT2D eigenvalue weighted by molar-refractivity contribution is 0.0385. The minimum atomic E-state index is -0.286. The predicted molar refractivity (Wildman–Crippen MR) is 92.5 cm³/mol. The van der Waals surface area contributed by atoms with Gasteiger partial charge < -0.3 is 9.63 Å². The first-order chi connectivity index (χ1) is 11.5. The van der Waals surface area contributed by atoms with Crippen molar-refractivity contribution < 1.29 is 9.63 Å². The molecule has 3 rings (SSSR count). The van der Waals surface area contributed by atoms with Gasteiger partial charge >= 0.3 is 0 Å². The summed E-state index contributed by atoms with van der Waals surface area (Å²) >= 11 is 0. The monoisotopic (exact) mass is 330 g/mol. The Kier molecular flexibility index (Phi) is 5.28. The summed E-state index contributed by atoms with van der Waals surface area (Å²) in [6, 6.07) is 8.47.